The molecule has 0 bridgehead atoms. The zero-order chi connectivity index (χ0) is 8.43. The lowest BCUT2D eigenvalue weighted by atomic mass is 10.1. The molecule has 0 radical (unpaired) electrons. The van der Waals surface area contributed by atoms with E-state index in [4.69, 9.17) is 0 Å². The lowest BCUT2D eigenvalue weighted by Gasteiger charge is -2.06. The van der Waals surface area contributed by atoms with Gasteiger partial charge in [-0.15, -0.1) is 0 Å². The van der Waals surface area contributed by atoms with Crippen molar-refractivity contribution in [2.45, 2.75) is 26.7 Å². The van der Waals surface area contributed by atoms with E-state index >= 15 is 0 Å². The summed E-state index contributed by atoms with van der Waals surface area (Å²) in [6.45, 7) is 5.74. The van der Waals surface area contributed by atoms with E-state index in [0.29, 0.717) is 5.69 Å². The van der Waals surface area contributed by atoms with Gasteiger partial charge < -0.3 is 5.11 Å². The number of aromatic nitrogens is 2. The molecule has 0 fully saturated rings. The van der Waals surface area contributed by atoms with E-state index in [9.17, 15) is 5.11 Å². The summed E-state index contributed by atoms with van der Waals surface area (Å²) in [7, 11) is 0. The van der Waals surface area contributed by atoms with Gasteiger partial charge >= 0.3 is 0 Å². The molecule has 0 spiro atoms. The highest BCUT2D eigenvalue weighted by molar-refractivity contribution is 5.31. The van der Waals surface area contributed by atoms with E-state index < -0.39 is 0 Å². The number of nitrogens with zero attached hydrogens (tertiary/aromatic N) is 2. The van der Waals surface area contributed by atoms with E-state index in [1.165, 1.54) is 6.33 Å². The molecule has 1 rings (SSSR count). The molecule has 1 aromatic rings. The van der Waals surface area contributed by atoms with Crippen molar-refractivity contribution in [2.75, 3.05) is 0 Å². The molecular weight excluding hydrogens is 140 g/mol. The predicted octanol–water partition coefficient (Wildman–Crippen LogP) is 1.61. The number of rotatable bonds is 1. The number of aryl methyl sites for hydroxylation is 1. The van der Waals surface area contributed by atoms with Crippen molar-refractivity contribution in [3.63, 3.8) is 0 Å². The molecular formula is C8H12N2O. The maximum atomic E-state index is 9.44. The van der Waals surface area contributed by atoms with Crippen LogP contribution >= 0.6 is 0 Å². The van der Waals surface area contributed by atoms with Gasteiger partial charge in [0, 0.05) is 0 Å². The molecule has 0 atom stereocenters. The molecule has 0 unspecified atom stereocenters. The molecule has 0 aliphatic heterocycles. The van der Waals surface area contributed by atoms with Crippen LogP contribution in [0, 0.1) is 6.92 Å². The number of aromatic hydroxyl groups is 1. The molecule has 0 aliphatic rings. The van der Waals surface area contributed by atoms with Crippen molar-refractivity contribution in [1.29, 1.82) is 0 Å². The first-order valence-electron chi connectivity index (χ1n) is 3.63. The van der Waals surface area contributed by atoms with E-state index in [1.54, 1.807) is 6.92 Å². The summed E-state index contributed by atoms with van der Waals surface area (Å²) >= 11 is 0. The van der Waals surface area contributed by atoms with Crippen LogP contribution in [0.4, 0.5) is 0 Å². The Hall–Kier alpha value is -1.12. The van der Waals surface area contributed by atoms with Gasteiger partial charge in [-0.05, 0) is 12.8 Å². The van der Waals surface area contributed by atoms with Crippen LogP contribution in [0.3, 0.4) is 0 Å². The molecule has 0 amide bonds. The minimum absolute atomic E-state index is 0.225. The van der Waals surface area contributed by atoms with Crippen molar-refractivity contribution in [3.8, 4) is 5.75 Å². The smallest absolute Gasteiger partial charge is 0.158 e. The quantitative estimate of drug-likeness (QED) is 0.665. The van der Waals surface area contributed by atoms with Gasteiger partial charge in [0.25, 0.3) is 0 Å². The van der Waals surface area contributed by atoms with Crippen LogP contribution in [0.15, 0.2) is 6.33 Å². The first-order valence-corrected chi connectivity index (χ1v) is 3.63. The van der Waals surface area contributed by atoms with Crippen LogP contribution in [0.5, 0.6) is 5.75 Å². The summed E-state index contributed by atoms with van der Waals surface area (Å²) in [5.74, 6) is 0.471. The summed E-state index contributed by atoms with van der Waals surface area (Å²) < 4.78 is 0. The molecule has 0 saturated heterocycles. The van der Waals surface area contributed by atoms with Gasteiger partial charge in [0.1, 0.15) is 6.33 Å². The summed E-state index contributed by atoms with van der Waals surface area (Å²) in [6, 6.07) is 0. The average Bonchev–Trinajstić information content (AvgIpc) is 1.94. The van der Waals surface area contributed by atoms with Gasteiger partial charge in [0.15, 0.2) is 5.75 Å². The summed E-state index contributed by atoms with van der Waals surface area (Å²) in [5.41, 5.74) is 1.36. The monoisotopic (exact) mass is 152 g/mol. The van der Waals surface area contributed by atoms with Crippen LogP contribution in [0.1, 0.15) is 31.2 Å². The van der Waals surface area contributed by atoms with Crippen LogP contribution in [-0.2, 0) is 0 Å². The number of hydrogen-bond donors (Lipinski definition) is 1. The second-order valence-corrected chi connectivity index (χ2v) is 2.85. The highest BCUT2D eigenvalue weighted by Gasteiger charge is 2.08. The Morgan fingerprint density at radius 1 is 1.36 bits per heavy atom. The third-order valence-corrected chi connectivity index (χ3v) is 1.58. The van der Waals surface area contributed by atoms with Gasteiger partial charge in [0.2, 0.25) is 0 Å². The average molecular weight is 152 g/mol. The van der Waals surface area contributed by atoms with Crippen LogP contribution in [-0.4, -0.2) is 15.1 Å². The molecule has 1 aromatic heterocycles. The van der Waals surface area contributed by atoms with Crippen molar-refractivity contribution in [2.24, 2.45) is 0 Å². The first kappa shape index (κ1) is 7.98. The lowest BCUT2D eigenvalue weighted by Crippen LogP contribution is -1.96. The van der Waals surface area contributed by atoms with Gasteiger partial charge in [0.05, 0.1) is 11.4 Å². The Kier molecular flexibility index (Phi) is 2.08. The van der Waals surface area contributed by atoms with Gasteiger partial charge in [-0.2, -0.15) is 0 Å². The molecule has 0 saturated carbocycles. The highest BCUT2D eigenvalue weighted by atomic mass is 16.3. The van der Waals surface area contributed by atoms with E-state index in [1.807, 2.05) is 13.8 Å². The molecule has 3 heteroatoms. The van der Waals surface area contributed by atoms with Crippen molar-refractivity contribution in [1.82, 2.24) is 9.97 Å². The molecule has 1 N–H and O–H groups in total. The normalized spacial score (nSPS) is 10.5. The van der Waals surface area contributed by atoms with Crippen molar-refractivity contribution >= 4 is 0 Å². The Bertz CT molecular complexity index is 258. The fraction of sp³-hybridized carbons (Fsp3) is 0.500. The summed E-state index contributed by atoms with van der Waals surface area (Å²) in [6.07, 6.45) is 1.48. The molecule has 11 heavy (non-hydrogen) atoms. The molecule has 0 aromatic carbocycles. The molecule has 1 heterocycles. The largest absolute Gasteiger partial charge is 0.504 e. The molecule has 60 valence electrons. The SMILES string of the molecule is Cc1ncnc(C(C)C)c1O. The van der Waals surface area contributed by atoms with Gasteiger partial charge in [-0.1, -0.05) is 13.8 Å². The van der Waals surface area contributed by atoms with Crippen molar-refractivity contribution in [3.05, 3.63) is 17.7 Å². The fourth-order valence-electron chi connectivity index (χ4n) is 0.908. The summed E-state index contributed by atoms with van der Waals surface area (Å²) in [5, 5.41) is 9.44. The third kappa shape index (κ3) is 1.48. The van der Waals surface area contributed by atoms with E-state index in [0.717, 1.165) is 5.69 Å². The minimum Gasteiger partial charge on any atom is -0.504 e. The fourth-order valence-corrected chi connectivity index (χ4v) is 0.908. The van der Waals surface area contributed by atoms with E-state index in [-0.39, 0.29) is 11.7 Å². The van der Waals surface area contributed by atoms with Crippen LogP contribution in [0.25, 0.3) is 0 Å². The standard InChI is InChI=1S/C8H12N2O/c1-5(2)7-8(11)6(3)9-4-10-7/h4-5,11H,1-3H3. The zero-order valence-electron chi connectivity index (χ0n) is 7.00. The topological polar surface area (TPSA) is 46.0 Å². The maximum Gasteiger partial charge on any atom is 0.158 e. The zero-order valence-corrected chi connectivity index (χ0v) is 7.00. The summed E-state index contributed by atoms with van der Waals surface area (Å²) in [4.78, 5) is 7.84. The first-order chi connectivity index (χ1) is 5.13. The Morgan fingerprint density at radius 3 is 2.45 bits per heavy atom. The second-order valence-electron chi connectivity index (χ2n) is 2.85. The maximum absolute atomic E-state index is 9.44. The van der Waals surface area contributed by atoms with Gasteiger partial charge in [-0.25, -0.2) is 9.97 Å². The lowest BCUT2D eigenvalue weighted by molar-refractivity contribution is 0.451. The van der Waals surface area contributed by atoms with Crippen molar-refractivity contribution < 1.29 is 5.11 Å². The minimum atomic E-state index is 0.225. The third-order valence-electron chi connectivity index (χ3n) is 1.58. The Labute approximate surface area is 66.1 Å². The highest BCUT2D eigenvalue weighted by Crippen LogP contribution is 2.23. The molecule has 3 nitrogen and oxygen atoms in total. The van der Waals surface area contributed by atoms with E-state index in [2.05, 4.69) is 9.97 Å². The second kappa shape index (κ2) is 2.86. The van der Waals surface area contributed by atoms with Crippen LogP contribution in [0.2, 0.25) is 0 Å². The number of hydrogen-bond acceptors (Lipinski definition) is 3. The predicted molar refractivity (Wildman–Crippen MR) is 42.5 cm³/mol. The Morgan fingerprint density at radius 2 is 2.00 bits per heavy atom. The van der Waals surface area contributed by atoms with Crippen LogP contribution < -0.4 is 0 Å². The van der Waals surface area contributed by atoms with Gasteiger partial charge in [-0.3, -0.25) is 0 Å². The Balaban J connectivity index is 3.17. The molecule has 0 aliphatic carbocycles.